The molecule has 0 bridgehead atoms. The predicted octanol–water partition coefficient (Wildman–Crippen LogP) is 3.23. The molecule has 0 heterocycles. The lowest BCUT2D eigenvalue weighted by atomic mass is 9.58. The molecule has 0 aliphatic heterocycles. The summed E-state index contributed by atoms with van der Waals surface area (Å²) in [5.41, 5.74) is 0.194. The number of hydrogen-bond acceptors (Lipinski definition) is 1. The van der Waals surface area contributed by atoms with E-state index in [-0.39, 0.29) is 22.7 Å². The highest BCUT2D eigenvalue weighted by Crippen LogP contribution is 2.67. The van der Waals surface area contributed by atoms with E-state index in [9.17, 15) is 4.79 Å². The summed E-state index contributed by atoms with van der Waals surface area (Å²) in [7, 11) is 0. The van der Waals surface area contributed by atoms with Crippen LogP contribution < -0.4 is 0 Å². The zero-order chi connectivity index (χ0) is 11.3. The number of aliphatic carboxylic acids is 1. The van der Waals surface area contributed by atoms with Gasteiger partial charge in [-0.2, -0.15) is 0 Å². The van der Waals surface area contributed by atoms with Crippen molar-refractivity contribution in [2.45, 2.75) is 46.5 Å². The van der Waals surface area contributed by atoms with Crippen LogP contribution in [0.2, 0.25) is 0 Å². The van der Waals surface area contributed by atoms with E-state index >= 15 is 0 Å². The van der Waals surface area contributed by atoms with Gasteiger partial charge in [-0.3, -0.25) is 4.79 Å². The van der Waals surface area contributed by atoms with Gasteiger partial charge in [-0.1, -0.05) is 39.3 Å². The van der Waals surface area contributed by atoms with E-state index in [4.69, 9.17) is 5.11 Å². The lowest BCUT2D eigenvalue weighted by Gasteiger charge is -2.45. The van der Waals surface area contributed by atoms with Crippen molar-refractivity contribution in [1.82, 2.24) is 0 Å². The van der Waals surface area contributed by atoms with Crippen LogP contribution >= 0.6 is 0 Å². The molecule has 1 N–H and O–H groups in total. The van der Waals surface area contributed by atoms with Crippen LogP contribution in [-0.4, -0.2) is 11.1 Å². The molecule has 2 heteroatoms. The highest BCUT2D eigenvalue weighted by Gasteiger charge is 2.60. The number of allylic oxidation sites excluding steroid dienone is 2. The van der Waals surface area contributed by atoms with Gasteiger partial charge in [-0.05, 0) is 23.7 Å². The zero-order valence-corrected chi connectivity index (χ0v) is 9.84. The Balaban J connectivity index is 2.37. The number of hydrogen-bond donors (Lipinski definition) is 1. The van der Waals surface area contributed by atoms with E-state index in [0.29, 0.717) is 0 Å². The van der Waals surface area contributed by atoms with Crippen LogP contribution in [0.3, 0.4) is 0 Å². The summed E-state index contributed by atoms with van der Waals surface area (Å²) in [6.07, 6.45) is 8.26. The monoisotopic (exact) mass is 208 g/mol. The van der Waals surface area contributed by atoms with Crippen LogP contribution in [0.25, 0.3) is 0 Å². The van der Waals surface area contributed by atoms with Crippen molar-refractivity contribution in [3.63, 3.8) is 0 Å². The average molecular weight is 208 g/mol. The summed E-state index contributed by atoms with van der Waals surface area (Å²) in [4.78, 5) is 11.0. The maximum atomic E-state index is 11.0. The van der Waals surface area contributed by atoms with Crippen LogP contribution in [0.4, 0.5) is 0 Å². The molecule has 0 spiro atoms. The van der Waals surface area contributed by atoms with E-state index in [1.54, 1.807) is 0 Å². The topological polar surface area (TPSA) is 37.3 Å². The van der Waals surface area contributed by atoms with Crippen LogP contribution in [0.15, 0.2) is 12.2 Å². The molecule has 15 heavy (non-hydrogen) atoms. The van der Waals surface area contributed by atoms with Crippen LogP contribution in [0, 0.1) is 16.2 Å². The van der Waals surface area contributed by atoms with Crippen molar-refractivity contribution in [2.75, 3.05) is 0 Å². The summed E-state index contributed by atoms with van der Waals surface area (Å²) in [6, 6.07) is 0. The first-order valence-corrected chi connectivity index (χ1v) is 5.75. The zero-order valence-electron chi connectivity index (χ0n) is 9.84. The van der Waals surface area contributed by atoms with E-state index < -0.39 is 5.97 Å². The van der Waals surface area contributed by atoms with Gasteiger partial charge in [0.1, 0.15) is 0 Å². The summed E-state index contributed by atoms with van der Waals surface area (Å²) < 4.78 is 0. The third-order valence-corrected chi connectivity index (χ3v) is 5.23. The van der Waals surface area contributed by atoms with Crippen LogP contribution in [-0.2, 0) is 4.79 Å². The fourth-order valence-corrected chi connectivity index (χ4v) is 3.70. The number of rotatable bonds is 2. The van der Waals surface area contributed by atoms with E-state index in [1.165, 1.54) is 12.8 Å². The van der Waals surface area contributed by atoms with E-state index in [1.807, 2.05) is 0 Å². The maximum absolute atomic E-state index is 11.0. The Hall–Kier alpha value is -0.790. The second kappa shape index (κ2) is 2.87. The first-order chi connectivity index (χ1) is 6.83. The van der Waals surface area contributed by atoms with Gasteiger partial charge in [-0.15, -0.1) is 0 Å². The van der Waals surface area contributed by atoms with Gasteiger partial charge >= 0.3 is 5.97 Å². The van der Waals surface area contributed by atoms with Crippen molar-refractivity contribution in [2.24, 2.45) is 16.2 Å². The molecule has 0 saturated heterocycles. The fourth-order valence-electron chi connectivity index (χ4n) is 3.70. The highest BCUT2D eigenvalue weighted by atomic mass is 16.4. The van der Waals surface area contributed by atoms with Crippen molar-refractivity contribution >= 4 is 5.97 Å². The lowest BCUT2D eigenvalue weighted by Crippen LogP contribution is -2.41. The molecule has 0 aromatic carbocycles. The minimum atomic E-state index is -0.681. The molecule has 0 aromatic rings. The molecule has 1 saturated carbocycles. The first kappa shape index (κ1) is 10.7. The molecule has 2 rings (SSSR count). The van der Waals surface area contributed by atoms with Gasteiger partial charge in [-0.25, -0.2) is 0 Å². The van der Waals surface area contributed by atoms with Crippen molar-refractivity contribution < 1.29 is 9.90 Å². The second-order valence-electron chi connectivity index (χ2n) is 5.92. The Labute approximate surface area is 91.4 Å². The van der Waals surface area contributed by atoms with Gasteiger partial charge in [0.2, 0.25) is 0 Å². The van der Waals surface area contributed by atoms with Crippen molar-refractivity contribution in [1.29, 1.82) is 0 Å². The van der Waals surface area contributed by atoms with Gasteiger partial charge in [0, 0.05) is 5.41 Å². The number of carbonyl (C=O) groups is 1. The molecule has 84 valence electrons. The number of carboxylic acids is 1. The lowest BCUT2D eigenvalue weighted by molar-refractivity contribution is -0.141. The molecule has 3 atom stereocenters. The summed E-state index contributed by atoms with van der Waals surface area (Å²) in [6.45, 7) is 6.65. The quantitative estimate of drug-likeness (QED) is 0.707. The van der Waals surface area contributed by atoms with Crippen molar-refractivity contribution in [3.05, 3.63) is 12.2 Å². The molecular weight excluding hydrogens is 188 g/mol. The van der Waals surface area contributed by atoms with Crippen LogP contribution in [0.1, 0.15) is 46.5 Å². The maximum Gasteiger partial charge on any atom is 0.304 e. The Bertz CT molecular complexity index is 333. The molecule has 2 nitrogen and oxygen atoms in total. The molecule has 1 fully saturated rings. The first-order valence-electron chi connectivity index (χ1n) is 5.75. The fraction of sp³-hybridized carbons (Fsp3) is 0.769. The minimum absolute atomic E-state index is 0.137. The van der Waals surface area contributed by atoms with Gasteiger partial charge < -0.3 is 5.11 Å². The summed E-state index contributed by atoms with van der Waals surface area (Å²) in [5.74, 6) is -0.681. The highest BCUT2D eigenvalue weighted by molar-refractivity contribution is 5.68. The Morgan fingerprint density at radius 1 is 1.27 bits per heavy atom. The van der Waals surface area contributed by atoms with Gasteiger partial charge in [0.15, 0.2) is 0 Å². The molecule has 0 amide bonds. The summed E-state index contributed by atoms with van der Waals surface area (Å²) in [5, 5.41) is 9.02. The third-order valence-electron chi connectivity index (χ3n) is 5.23. The number of fused-ring (bicyclic) bond motifs is 1. The SMILES string of the molecule is C[C@]12CCC[C@@]1(C)C=C[C@@]2(C)CC(=O)O. The molecule has 2 aliphatic carbocycles. The normalized spacial score (nSPS) is 48.2. The Morgan fingerprint density at radius 2 is 1.93 bits per heavy atom. The second-order valence-corrected chi connectivity index (χ2v) is 5.92. The largest absolute Gasteiger partial charge is 0.481 e. The Kier molecular flexibility index (Phi) is 2.05. The minimum Gasteiger partial charge on any atom is -0.481 e. The molecule has 2 aliphatic rings. The van der Waals surface area contributed by atoms with E-state index in [2.05, 4.69) is 32.9 Å². The summed E-state index contributed by atoms with van der Waals surface area (Å²) >= 11 is 0. The number of carboxylic acid groups (broad SMARTS) is 1. The van der Waals surface area contributed by atoms with Crippen LogP contribution in [0.5, 0.6) is 0 Å². The molecule has 0 radical (unpaired) electrons. The third kappa shape index (κ3) is 1.20. The molecular formula is C13H20O2. The van der Waals surface area contributed by atoms with Gasteiger partial charge in [0.05, 0.1) is 6.42 Å². The Morgan fingerprint density at radius 3 is 2.53 bits per heavy atom. The smallest absolute Gasteiger partial charge is 0.304 e. The van der Waals surface area contributed by atoms with E-state index in [0.717, 1.165) is 6.42 Å². The predicted molar refractivity (Wildman–Crippen MR) is 59.6 cm³/mol. The molecule has 0 aromatic heterocycles. The average Bonchev–Trinajstić information content (AvgIpc) is 2.48. The van der Waals surface area contributed by atoms with Crippen molar-refractivity contribution in [3.8, 4) is 0 Å². The molecule has 0 unspecified atom stereocenters. The van der Waals surface area contributed by atoms with Gasteiger partial charge in [0.25, 0.3) is 0 Å². The standard InChI is InChI=1S/C13H20O2/c1-11-5-4-6-13(11,3)12(2,8-7-11)9-10(14)15/h7-8H,4-6,9H2,1-3H3,(H,14,15)/t11-,12-,13-/m0/s1.